The first-order valence-corrected chi connectivity index (χ1v) is 10.9. The van der Waals surface area contributed by atoms with Gasteiger partial charge in [-0.3, -0.25) is 4.90 Å². The zero-order valence-electron chi connectivity index (χ0n) is 18.1. The summed E-state index contributed by atoms with van der Waals surface area (Å²) in [4.78, 5) is 9.06. The Morgan fingerprint density at radius 3 is 2.48 bits per heavy atom. The molecule has 9 heteroatoms. The Morgan fingerprint density at radius 2 is 1.67 bits per heavy atom. The summed E-state index contributed by atoms with van der Waals surface area (Å²) in [5, 5.41) is 12.8. The number of para-hydroxylation sites is 2. The number of nitrogens with zero attached hydrogens (tertiary/aromatic N) is 6. The van der Waals surface area contributed by atoms with Crippen LogP contribution in [0.25, 0.3) is 33.8 Å². The number of hydrogen-bond donors (Lipinski definition) is 0. The zero-order valence-corrected chi connectivity index (χ0v) is 18.1. The summed E-state index contributed by atoms with van der Waals surface area (Å²) < 4.78 is 17.4. The summed E-state index contributed by atoms with van der Waals surface area (Å²) in [7, 11) is 0. The Bertz CT molecular complexity index is 1350. The molecule has 0 bridgehead atoms. The Morgan fingerprint density at radius 1 is 0.879 bits per heavy atom. The highest BCUT2D eigenvalue weighted by atomic mass is 16.5. The van der Waals surface area contributed by atoms with Crippen LogP contribution in [0, 0.1) is 6.92 Å². The van der Waals surface area contributed by atoms with Gasteiger partial charge < -0.3 is 18.3 Å². The van der Waals surface area contributed by atoms with Gasteiger partial charge in [0, 0.05) is 31.7 Å². The van der Waals surface area contributed by atoms with Gasteiger partial charge in [0.1, 0.15) is 22.5 Å². The number of piperazine rings is 1. The second-order valence-corrected chi connectivity index (χ2v) is 8.06. The highest BCUT2D eigenvalue weighted by molar-refractivity contribution is 5.77. The molecular formula is C24H22N6O3. The number of benzene rings is 2. The first-order chi connectivity index (χ1) is 16.2. The third-order valence-corrected chi connectivity index (χ3v) is 5.87. The third-order valence-electron chi connectivity index (χ3n) is 5.87. The standard InChI is InChI=1S/C24H22N6O3/c1-16-21(22(28-33-16)17-7-3-2-4-8-17)23-27-26-20(32-23)15-29-11-13-30(14-12-29)24-25-18-9-5-6-10-19(18)31-24/h2-10H,11-15H2,1H3. The van der Waals surface area contributed by atoms with Gasteiger partial charge in [-0.1, -0.05) is 47.6 Å². The molecule has 1 saturated heterocycles. The lowest BCUT2D eigenvalue weighted by Crippen LogP contribution is -2.46. The summed E-state index contributed by atoms with van der Waals surface area (Å²) >= 11 is 0. The molecule has 1 fully saturated rings. The van der Waals surface area contributed by atoms with E-state index in [0.717, 1.165) is 48.4 Å². The van der Waals surface area contributed by atoms with E-state index in [4.69, 9.17) is 13.4 Å². The van der Waals surface area contributed by atoms with E-state index in [1.807, 2.05) is 61.5 Å². The number of hydrogen-bond acceptors (Lipinski definition) is 9. The quantitative estimate of drug-likeness (QED) is 0.397. The Balaban J connectivity index is 1.14. The van der Waals surface area contributed by atoms with Crippen molar-refractivity contribution >= 4 is 17.1 Å². The second kappa shape index (κ2) is 8.18. The number of fused-ring (bicyclic) bond motifs is 1. The van der Waals surface area contributed by atoms with Crippen molar-refractivity contribution in [1.29, 1.82) is 0 Å². The molecule has 166 valence electrons. The van der Waals surface area contributed by atoms with Gasteiger partial charge in [-0.2, -0.15) is 4.98 Å². The van der Waals surface area contributed by atoms with Crippen molar-refractivity contribution in [2.24, 2.45) is 0 Å². The van der Waals surface area contributed by atoms with Crippen LogP contribution in [0.2, 0.25) is 0 Å². The second-order valence-electron chi connectivity index (χ2n) is 8.06. The van der Waals surface area contributed by atoms with Gasteiger partial charge in [-0.05, 0) is 19.1 Å². The van der Waals surface area contributed by atoms with Crippen LogP contribution in [-0.4, -0.2) is 51.4 Å². The van der Waals surface area contributed by atoms with E-state index >= 15 is 0 Å². The van der Waals surface area contributed by atoms with Gasteiger partial charge in [-0.25, -0.2) is 0 Å². The van der Waals surface area contributed by atoms with Crippen LogP contribution in [0.4, 0.5) is 6.01 Å². The predicted molar refractivity (Wildman–Crippen MR) is 121 cm³/mol. The molecule has 2 aromatic carbocycles. The van der Waals surface area contributed by atoms with Crippen LogP contribution in [-0.2, 0) is 6.54 Å². The minimum absolute atomic E-state index is 0.424. The molecule has 6 rings (SSSR count). The first kappa shape index (κ1) is 19.7. The summed E-state index contributed by atoms with van der Waals surface area (Å²) in [6.07, 6.45) is 0. The molecule has 5 aromatic rings. The van der Waals surface area contributed by atoms with Crippen LogP contribution in [0.15, 0.2) is 68.0 Å². The van der Waals surface area contributed by atoms with E-state index < -0.39 is 0 Å². The minimum atomic E-state index is 0.424. The van der Waals surface area contributed by atoms with Crippen LogP contribution in [0.5, 0.6) is 0 Å². The van der Waals surface area contributed by atoms with Crippen LogP contribution < -0.4 is 4.90 Å². The molecule has 4 heterocycles. The Kier molecular flexibility index (Phi) is 4.88. The fraction of sp³-hybridized carbons (Fsp3) is 0.250. The summed E-state index contributed by atoms with van der Waals surface area (Å²) in [5.74, 6) is 1.64. The van der Waals surface area contributed by atoms with Gasteiger partial charge in [0.25, 0.3) is 11.9 Å². The minimum Gasteiger partial charge on any atom is -0.423 e. The van der Waals surface area contributed by atoms with E-state index in [1.54, 1.807) is 0 Å². The lowest BCUT2D eigenvalue weighted by atomic mass is 10.1. The van der Waals surface area contributed by atoms with E-state index in [2.05, 4.69) is 30.1 Å². The molecule has 0 aliphatic carbocycles. The Labute approximate surface area is 189 Å². The molecule has 0 saturated carbocycles. The molecule has 0 amide bonds. The monoisotopic (exact) mass is 442 g/mol. The average molecular weight is 442 g/mol. The van der Waals surface area contributed by atoms with Crippen LogP contribution in [0.1, 0.15) is 11.7 Å². The zero-order chi connectivity index (χ0) is 22.2. The normalized spacial score (nSPS) is 14.9. The van der Waals surface area contributed by atoms with Crippen LogP contribution >= 0.6 is 0 Å². The van der Waals surface area contributed by atoms with Crippen molar-refractivity contribution in [3.8, 4) is 22.7 Å². The number of aromatic nitrogens is 4. The molecule has 1 aliphatic rings. The summed E-state index contributed by atoms with van der Waals surface area (Å²) in [6.45, 7) is 5.76. The molecule has 0 spiro atoms. The lowest BCUT2D eigenvalue weighted by molar-refractivity contribution is 0.223. The van der Waals surface area contributed by atoms with E-state index in [9.17, 15) is 0 Å². The van der Waals surface area contributed by atoms with Gasteiger partial charge >= 0.3 is 0 Å². The first-order valence-electron chi connectivity index (χ1n) is 10.9. The van der Waals surface area contributed by atoms with Crippen molar-refractivity contribution in [3.63, 3.8) is 0 Å². The van der Waals surface area contributed by atoms with Crippen molar-refractivity contribution in [2.45, 2.75) is 13.5 Å². The maximum Gasteiger partial charge on any atom is 0.298 e. The number of aryl methyl sites for hydroxylation is 1. The smallest absolute Gasteiger partial charge is 0.298 e. The molecule has 0 atom stereocenters. The van der Waals surface area contributed by atoms with Crippen molar-refractivity contribution < 1.29 is 13.4 Å². The predicted octanol–water partition coefficient (Wildman–Crippen LogP) is 4.16. The van der Waals surface area contributed by atoms with E-state index in [0.29, 0.717) is 35.8 Å². The molecule has 3 aromatic heterocycles. The largest absolute Gasteiger partial charge is 0.423 e. The molecule has 0 unspecified atom stereocenters. The van der Waals surface area contributed by atoms with Crippen molar-refractivity contribution in [1.82, 2.24) is 25.2 Å². The average Bonchev–Trinajstić information content (AvgIpc) is 3.58. The number of rotatable bonds is 5. The number of anilines is 1. The SMILES string of the molecule is Cc1onc(-c2ccccc2)c1-c1nnc(CN2CCN(c3nc4ccccc4o3)CC2)o1. The molecule has 0 N–H and O–H groups in total. The van der Waals surface area contributed by atoms with Gasteiger partial charge in [0.2, 0.25) is 5.89 Å². The molecule has 9 nitrogen and oxygen atoms in total. The molecule has 0 radical (unpaired) electrons. The number of oxazole rings is 1. The van der Waals surface area contributed by atoms with Gasteiger partial charge in [-0.15, -0.1) is 10.2 Å². The Hall–Kier alpha value is -3.98. The topological polar surface area (TPSA) is 97.5 Å². The van der Waals surface area contributed by atoms with Crippen molar-refractivity contribution in [3.05, 3.63) is 66.2 Å². The highest BCUT2D eigenvalue weighted by Crippen LogP contribution is 2.33. The van der Waals surface area contributed by atoms with Gasteiger partial charge in [0.05, 0.1) is 6.54 Å². The maximum atomic E-state index is 6.02. The van der Waals surface area contributed by atoms with Crippen LogP contribution in [0.3, 0.4) is 0 Å². The molecule has 33 heavy (non-hydrogen) atoms. The van der Waals surface area contributed by atoms with E-state index in [1.165, 1.54) is 0 Å². The fourth-order valence-electron chi connectivity index (χ4n) is 4.12. The summed E-state index contributed by atoms with van der Waals surface area (Å²) in [6, 6.07) is 18.3. The lowest BCUT2D eigenvalue weighted by Gasteiger charge is -2.32. The highest BCUT2D eigenvalue weighted by Gasteiger charge is 2.25. The van der Waals surface area contributed by atoms with Crippen molar-refractivity contribution in [2.75, 3.05) is 31.1 Å². The summed E-state index contributed by atoms with van der Waals surface area (Å²) in [5.41, 5.74) is 4.08. The molecule has 1 aliphatic heterocycles. The van der Waals surface area contributed by atoms with Gasteiger partial charge in [0.15, 0.2) is 5.58 Å². The fourth-order valence-corrected chi connectivity index (χ4v) is 4.12. The third kappa shape index (κ3) is 3.76. The molecular weight excluding hydrogens is 420 g/mol. The maximum absolute atomic E-state index is 6.02. The van der Waals surface area contributed by atoms with E-state index in [-0.39, 0.29) is 0 Å².